The van der Waals surface area contributed by atoms with Crippen molar-refractivity contribution in [3.63, 3.8) is 0 Å². The van der Waals surface area contributed by atoms with Gasteiger partial charge in [-0.2, -0.15) is 0 Å². The standard InChI is InChI=1S/C11H22N2O/c1-2-12-11(14)8-7-10-6-4-3-5-9-13-10/h10,13H,2-9H2,1H3,(H,12,14). The Morgan fingerprint density at radius 1 is 1.43 bits per heavy atom. The third kappa shape index (κ3) is 4.61. The van der Waals surface area contributed by atoms with E-state index in [-0.39, 0.29) is 5.91 Å². The predicted octanol–water partition coefficient (Wildman–Crippen LogP) is 1.43. The average molecular weight is 198 g/mol. The number of rotatable bonds is 4. The van der Waals surface area contributed by atoms with E-state index < -0.39 is 0 Å². The van der Waals surface area contributed by atoms with E-state index in [9.17, 15) is 4.79 Å². The summed E-state index contributed by atoms with van der Waals surface area (Å²) in [5, 5.41) is 6.33. The molecule has 1 aliphatic heterocycles. The summed E-state index contributed by atoms with van der Waals surface area (Å²) in [7, 11) is 0. The number of amides is 1. The zero-order valence-electron chi connectivity index (χ0n) is 9.14. The third-order valence-corrected chi connectivity index (χ3v) is 2.76. The van der Waals surface area contributed by atoms with Gasteiger partial charge in [0.1, 0.15) is 0 Å². The van der Waals surface area contributed by atoms with Crippen LogP contribution in [0.5, 0.6) is 0 Å². The highest BCUT2D eigenvalue weighted by atomic mass is 16.1. The van der Waals surface area contributed by atoms with Gasteiger partial charge < -0.3 is 10.6 Å². The van der Waals surface area contributed by atoms with Crippen molar-refractivity contribution in [3.05, 3.63) is 0 Å². The fourth-order valence-corrected chi connectivity index (χ4v) is 1.94. The molecule has 0 spiro atoms. The molecule has 1 fully saturated rings. The molecule has 2 N–H and O–H groups in total. The van der Waals surface area contributed by atoms with Crippen LogP contribution < -0.4 is 10.6 Å². The van der Waals surface area contributed by atoms with Crippen LogP contribution in [0.2, 0.25) is 0 Å². The molecule has 82 valence electrons. The van der Waals surface area contributed by atoms with Gasteiger partial charge in [-0.25, -0.2) is 0 Å². The summed E-state index contributed by atoms with van der Waals surface area (Å²) in [6.07, 6.45) is 6.84. The van der Waals surface area contributed by atoms with Crippen molar-refractivity contribution in [1.29, 1.82) is 0 Å². The Kier molecular flexibility index (Phi) is 5.60. The molecule has 0 bridgehead atoms. The predicted molar refractivity (Wildman–Crippen MR) is 58.2 cm³/mol. The largest absolute Gasteiger partial charge is 0.356 e. The first-order chi connectivity index (χ1) is 6.83. The quantitative estimate of drug-likeness (QED) is 0.717. The van der Waals surface area contributed by atoms with E-state index in [1.54, 1.807) is 0 Å². The molecule has 1 amide bonds. The number of nitrogens with one attached hydrogen (secondary N) is 2. The molecule has 1 saturated heterocycles. The maximum absolute atomic E-state index is 11.2. The summed E-state index contributed by atoms with van der Waals surface area (Å²) in [6, 6.07) is 0.570. The minimum atomic E-state index is 0.193. The molecule has 0 aromatic rings. The lowest BCUT2D eigenvalue weighted by atomic mass is 10.1. The average Bonchev–Trinajstić information content (AvgIpc) is 2.43. The second-order valence-corrected chi connectivity index (χ2v) is 3.99. The monoisotopic (exact) mass is 198 g/mol. The van der Waals surface area contributed by atoms with Crippen LogP contribution in [0.1, 0.15) is 45.4 Å². The molecule has 0 radical (unpaired) electrons. The minimum absolute atomic E-state index is 0.193. The van der Waals surface area contributed by atoms with Crippen LogP contribution in [0.3, 0.4) is 0 Å². The van der Waals surface area contributed by atoms with E-state index in [2.05, 4.69) is 10.6 Å². The van der Waals surface area contributed by atoms with Crippen LogP contribution in [0.4, 0.5) is 0 Å². The van der Waals surface area contributed by atoms with Crippen LogP contribution in [-0.4, -0.2) is 25.0 Å². The van der Waals surface area contributed by atoms with Crippen LogP contribution in [-0.2, 0) is 4.79 Å². The Balaban J connectivity index is 2.12. The summed E-state index contributed by atoms with van der Waals surface area (Å²) in [4.78, 5) is 11.2. The van der Waals surface area contributed by atoms with Crippen molar-refractivity contribution in [3.8, 4) is 0 Å². The molecule has 0 aromatic carbocycles. The van der Waals surface area contributed by atoms with Gasteiger partial charge in [0.2, 0.25) is 5.91 Å². The van der Waals surface area contributed by atoms with Gasteiger partial charge >= 0.3 is 0 Å². The summed E-state index contributed by atoms with van der Waals surface area (Å²) >= 11 is 0. The second-order valence-electron chi connectivity index (χ2n) is 3.99. The van der Waals surface area contributed by atoms with E-state index in [4.69, 9.17) is 0 Å². The summed E-state index contributed by atoms with van der Waals surface area (Å²) in [6.45, 7) is 3.83. The molecular weight excluding hydrogens is 176 g/mol. The molecule has 0 aliphatic carbocycles. The highest BCUT2D eigenvalue weighted by molar-refractivity contribution is 5.75. The number of carbonyl (C=O) groups is 1. The van der Waals surface area contributed by atoms with Crippen molar-refractivity contribution >= 4 is 5.91 Å². The van der Waals surface area contributed by atoms with Crippen LogP contribution in [0.25, 0.3) is 0 Å². The molecule has 1 aliphatic rings. The first-order valence-corrected chi connectivity index (χ1v) is 5.83. The van der Waals surface area contributed by atoms with Gasteiger partial charge in [0.25, 0.3) is 0 Å². The lowest BCUT2D eigenvalue weighted by Gasteiger charge is -2.14. The molecule has 3 heteroatoms. The van der Waals surface area contributed by atoms with Crippen molar-refractivity contribution in [2.24, 2.45) is 0 Å². The van der Waals surface area contributed by atoms with E-state index in [1.807, 2.05) is 6.92 Å². The fourth-order valence-electron chi connectivity index (χ4n) is 1.94. The molecule has 1 atom stereocenters. The lowest BCUT2D eigenvalue weighted by molar-refractivity contribution is -0.121. The van der Waals surface area contributed by atoms with E-state index >= 15 is 0 Å². The van der Waals surface area contributed by atoms with Gasteiger partial charge in [0.05, 0.1) is 0 Å². The van der Waals surface area contributed by atoms with Gasteiger partial charge in [-0.1, -0.05) is 12.8 Å². The molecule has 0 aromatic heterocycles. The van der Waals surface area contributed by atoms with Crippen LogP contribution in [0, 0.1) is 0 Å². The van der Waals surface area contributed by atoms with Crippen molar-refractivity contribution in [2.45, 2.75) is 51.5 Å². The SMILES string of the molecule is CCNC(=O)CCC1CCCCCN1. The highest BCUT2D eigenvalue weighted by Gasteiger charge is 2.12. The van der Waals surface area contributed by atoms with E-state index in [0.29, 0.717) is 12.5 Å². The molecule has 0 saturated carbocycles. The zero-order chi connectivity index (χ0) is 10.2. The molecule has 1 rings (SSSR count). The Morgan fingerprint density at radius 3 is 3.07 bits per heavy atom. The van der Waals surface area contributed by atoms with Crippen molar-refractivity contribution in [1.82, 2.24) is 10.6 Å². The molecule has 1 heterocycles. The Bertz CT molecular complexity index is 163. The van der Waals surface area contributed by atoms with Crippen LogP contribution in [0.15, 0.2) is 0 Å². The van der Waals surface area contributed by atoms with Gasteiger partial charge in [-0.3, -0.25) is 4.79 Å². The lowest BCUT2D eigenvalue weighted by Crippen LogP contribution is -2.31. The van der Waals surface area contributed by atoms with Gasteiger partial charge in [-0.05, 0) is 32.7 Å². The van der Waals surface area contributed by atoms with E-state index in [0.717, 1.165) is 19.5 Å². The Labute approximate surface area is 86.6 Å². The second kappa shape index (κ2) is 6.82. The number of hydrogen-bond acceptors (Lipinski definition) is 2. The fraction of sp³-hybridized carbons (Fsp3) is 0.909. The normalized spacial score (nSPS) is 22.8. The number of hydrogen-bond donors (Lipinski definition) is 2. The van der Waals surface area contributed by atoms with Crippen LogP contribution >= 0.6 is 0 Å². The van der Waals surface area contributed by atoms with Gasteiger partial charge in [0, 0.05) is 19.0 Å². The first kappa shape index (κ1) is 11.5. The molecular formula is C11H22N2O. The van der Waals surface area contributed by atoms with Crippen molar-refractivity contribution in [2.75, 3.05) is 13.1 Å². The number of carbonyl (C=O) groups excluding carboxylic acids is 1. The third-order valence-electron chi connectivity index (χ3n) is 2.76. The Hall–Kier alpha value is -0.570. The van der Waals surface area contributed by atoms with E-state index in [1.165, 1.54) is 25.7 Å². The zero-order valence-corrected chi connectivity index (χ0v) is 9.14. The highest BCUT2D eigenvalue weighted by Crippen LogP contribution is 2.12. The summed E-state index contributed by atoms with van der Waals surface area (Å²) < 4.78 is 0. The topological polar surface area (TPSA) is 41.1 Å². The minimum Gasteiger partial charge on any atom is -0.356 e. The summed E-state index contributed by atoms with van der Waals surface area (Å²) in [5.41, 5.74) is 0. The summed E-state index contributed by atoms with van der Waals surface area (Å²) in [5.74, 6) is 0.193. The van der Waals surface area contributed by atoms with Gasteiger partial charge in [0.15, 0.2) is 0 Å². The van der Waals surface area contributed by atoms with Crippen molar-refractivity contribution < 1.29 is 4.79 Å². The van der Waals surface area contributed by atoms with Gasteiger partial charge in [-0.15, -0.1) is 0 Å². The molecule has 3 nitrogen and oxygen atoms in total. The maximum atomic E-state index is 11.2. The maximum Gasteiger partial charge on any atom is 0.220 e. The molecule has 14 heavy (non-hydrogen) atoms. The molecule has 1 unspecified atom stereocenters. The Morgan fingerprint density at radius 2 is 2.29 bits per heavy atom. The smallest absolute Gasteiger partial charge is 0.220 e. The first-order valence-electron chi connectivity index (χ1n) is 5.83.